The zero-order chi connectivity index (χ0) is 21.2. The van der Waals surface area contributed by atoms with Gasteiger partial charge in [0.25, 0.3) is 5.91 Å². The lowest BCUT2D eigenvalue weighted by atomic mass is 9.85. The van der Waals surface area contributed by atoms with Crippen LogP contribution in [0.3, 0.4) is 0 Å². The Bertz CT molecular complexity index is 848. The Morgan fingerprint density at radius 3 is 2.21 bits per heavy atom. The number of carbonyl (C=O) groups is 1. The predicted molar refractivity (Wildman–Crippen MR) is 109 cm³/mol. The molecule has 0 bridgehead atoms. The van der Waals surface area contributed by atoms with Crippen LogP contribution in [0.2, 0.25) is 0 Å². The van der Waals surface area contributed by atoms with Crippen molar-refractivity contribution in [3.8, 4) is 11.5 Å². The van der Waals surface area contributed by atoms with Crippen molar-refractivity contribution in [3.63, 3.8) is 0 Å². The summed E-state index contributed by atoms with van der Waals surface area (Å²) in [6.07, 6.45) is 0.457. The first-order valence-corrected chi connectivity index (χ1v) is 10.1. The molecule has 0 unspecified atom stereocenters. The van der Waals surface area contributed by atoms with Gasteiger partial charge in [-0.1, -0.05) is 13.8 Å². The van der Waals surface area contributed by atoms with Crippen molar-refractivity contribution in [2.45, 2.75) is 51.7 Å². The number of aryl methyl sites for hydroxylation is 1. The number of amides is 1. The Labute approximate surface area is 171 Å². The molecule has 2 aromatic rings. The minimum absolute atomic E-state index is 0.0866. The fraction of sp³-hybridized carbons (Fsp3) is 0.545. The molecule has 1 saturated heterocycles. The number of benzene rings is 1. The van der Waals surface area contributed by atoms with Crippen LogP contribution in [0.15, 0.2) is 24.3 Å². The average Bonchev–Trinajstić information content (AvgIpc) is 3.18. The van der Waals surface area contributed by atoms with E-state index in [4.69, 9.17) is 9.47 Å². The highest BCUT2D eigenvalue weighted by molar-refractivity contribution is 5.92. The Kier molecular flexibility index (Phi) is 6.15. The third-order valence-corrected chi connectivity index (χ3v) is 5.62. The molecule has 1 aliphatic heterocycles. The van der Waals surface area contributed by atoms with E-state index in [-0.39, 0.29) is 24.7 Å². The van der Waals surface area contributed by atoms with Gasteiger partial charge in [0.2, 0.25) is 0 Å². The fourth-order valence-electron chi connectivity index (χ4n) is 3.71. The molecule has 0 aliphatic carbocycles. The quantitative estimate of drug-likeness (QED) is 0.727. The molecule has 1 aromatic carbocycles. The van der Waals surface area contributed by atoms with Crippen LogP contribution in [0.5, 0.6) is 11.5 Å². The number of hydrogen-bond acceptors (Lipinski definition) is 4. The van der Waals surface area contributed by atoms with Gasteiger partial charge in [0.1, 0.15) is 22.9 Å². The Morgan fingerprint density at radius 2 is 1.72 bits per heavy atom. The predicted octanol–water partition coefficient (Wildman–Crippen LogP) is 4.14. The number of methoxy groups -OCH3 is 2. The van der Waals surface area contributed by atoms with E-state index < -0.39 is 5.67 Å². The summed E-state index contributed by atoms with van der Waals surface area (Å²) in [6, 6.07) is 7.01. The molecule has 2 heterocycles. The second kappa shape index (κ2) is 8.43. The molecular weight excluding hydrogens is 373 g/mol. The largest absolute Gasteiger partial charge is 0.497 e. The molecule has 158 valence electrons. The summed E-state index contributed by atoms with van der Waals surface area (Å²) in [5.74, 6) is 1.28. The fourth-order valence-corrected chi connectivity index (χ4v) is 3.71. The van der Waals surface area contributed by atoms with Gasteiger partial charge in [0.05, 0.1) is 19.9 Å². The van der Waals surface area contributed by atoms with E-state index >= 15 is 4.39 Å². The molecular formula is C22H30FN3O3. The van der Waals surface area contributed by atoms with Gasteiger partial charge in [-0.25, -0.2) is 4.39 Å². The number of aromatic nitrogens is 2. The first-order valence-electron chi connectivity index (χ1n) is 10.1. The number of alkyl halides is 1. The Hall–Kier alpha value is -2.57. The zero-order valence-electron chi connectivity index (χ0n) is 17.9. The number of carbonyl (C=O) groups excluding carboxylic acids is 1. The lowest BCUT2D eigenvalue weighted by Crippen LogP contribution is -2.44. The van der Waals surface area contributed by atoms with Crippen molar-refractivity contribution >= 4 is 5.91 Å². The first-order chi connectivity index (χ1) is 13.8. The van der Waals surface area contributed by atoms with Crippen molar-refractivity contribution in [2.75, 3.05) is 27.3 Å². The molecule has 0 atom stereocenters. The van der Waals surface area contributed by atoms with Gasteiger partial charge in [0, 0.05) is 38.5 Å². The van der Waals surface area contributed by atoms with Crippen LogP contribution in [-0.2, 0) is 12.2 Å². The second-order valence-corrected chi connectivity index (χ2v) is 7.78. The minimum Gasteiger partial charge on any atom is -0.497 e. The van der Waals surface area contributed by atoms with Crippen molar-refractivity contribution in [3.05, 3.63) is 41.2 Å². The maximum Gasteiger partial charge on any atom is 0.272 e. The van der Waals surface area contributed by atoms with E-state index in [0.29, 0.717) is 42.4 Å². The summed E-state index contributed by atoms with van der Waals surface area (Å²) in [7, 11) is 3.10. The second-order valence-electron chi connectivity index (χ2n) is 7.78. The summed E-state index contributed by atoms with van der Waals surface area (Å²) in [5, 5.41) is 4.53. The van der Waals surface area contributed by atoms with Gasteiger partial charge in [0.15, 0.2) is 0 Å². The van der Waals surface area contributed by atoms with Gasteiger partial charge in [-0.05, 0) is 36.6 Å². The Morgan fingerprint density at radius 1 is 1.14 bits per heavy atom. The first kappa shape index (κ1) is 21.1. The Balaban J connectivity index is 1.77. The van der Waals surface area contributed by atoms with E-state index in [1.54, 1.807) is 42.0 Å². The van der Waals surface area contributed by atoms with Gasteiger partial charge >= 0.3 is 0 Å². The molecule has 1 aliphatic rings. The van der Waals surface area contributed by atoms with Gasteiger partial charge in [-0.15, -0.1) is 0 Å². The number of rotatable bonds is 6. The zero-order valence-corrected chi connectivity index (χ0v) is 17.9. The molecule has 1 amide bonds. The van der Waals surface area contributed by atoms with Crippen LogP contribution in [0.25, 0.3) is 0 Å². The van der Waals surface area contributed by atoms with Gasteiger partial charge in [-0.3, -0.25) is 9.48 Å². The van der Waals surface area contributed by atoms with E-state index in [1.165, 1.54) is 0 Å². The summed E-state index contributed by atoms with van der Waals surface area (Å²) in [6.45, 7) is 7.39. The van der Waals surface area contributed by atoms with Gasteiger partial charge < -0.3 is 14.4 Å². The summed E-state index contributed by atoms with van der Waals surface area (Å²) in [4.78, 5) is 14.8. The van der Waals surface area contributed by atoms with Crippen LogP contribution in [0.4, 0.5) is 4.39 Å². The number of halogens is 1. The van der Waals surface area contributed by atoms with E-state index in [0.717, 1.165) is 5.69 Å². The summed E-state index contributed by atoms with van der Waals surface area (Å²) >= 11 is 0. The normalized spacial score (nSPS) is 16.2. The molecule has 29 heavy (non-hydrogen) atoms. The summed E-state index contributed by atoms with van der Waals surface area (Å²) < 4.78 is 28.1. The SMILES string of the molecule is CCn1nc(C(C)C)cc1C(=O)N1CCC(F)(c2cc(OC)cc(OC)c2)CC1. The van der Waals surface area contributed by atoms with Crippen molar-refractivity contribution in [1.29, 1.82) is 0 Å². The van der Waals surface area contributed by atoms with Crippen LogP contribution >= 0.6 is 0 Å². The topological polar surface area (TPSA) is 56.6 Å². The molecule has 3 rings (SSSR count). The highest BCUT2D eigenvalue weighted by atomic mass is 19.1. The highest BCUT2D eigenvalue weighted by Gasteiger charge is 2.39. The maximum atomic E-state index is 15.8. The number of likely N-dealkylation sites (tertiary alicyclic amines) is 1. The molecule has 0 radical (unpaired) electrons. The third kappa shape index (κ3) is 4.23. The smallest absolute Gasteiger partial charge is 0.272 e. The van der Waals surface area contributed by atoms with Gasteiger partial charge in [-0.2, -0.15) is 5.10 Å². The molecule has 1 aromatic heterocycles. The molecule has 1 fully saturated rings. The van der Waals surface area contributed by atoms with Crippen LogP contribution < -0.4 is 9.47 Å². The molecule has 6 nitrogen and oxygen atoms in total. The van der Waals surface area contributed by atoms with E-state index in [1.807, 2.05) is 13.0 Å². The van der Waals surface area contributed by atoms with E-state index in [9.17, 15) is 4.79 Å². The third-order valence-electron chi connectivity index (χ3n) is 5.62. The monoisotopic (exact) mass is 403 g/mol. The van der Waals surface area contributed by atoms with Crippen LogP contribution in [0.1, 0.15) is 61.3 Å². The van der Waals surface area contributed by atoms with Crippen LogP contribution in [-0.4, -0.2) is 47.9 Å². The molecule has 0 saturated carbocycles. The molecule has 7 heteroatoms. The van der Waals surface area contributed by atoms with Crippen molar-refractivity contribution in [2.24, 2.45) is 0 Å². The number of ether oxygens (including phenoxy) is 2. The van der Waals surface area contributed by atoms with E-state index in [2.05, 4.69) is 18.9 Å². The maximum absolute atomic E-state index is 15.8. The van der Waals surface area contributed by atoms with Crippen LogP contribution in [0, 0.1) is 0 Å². The van der Waals surface area contributed by atoms with Crippen molar-refractivity contribution < 1.29 is 18.7 Å². The lowest BCUT2D eigenvalue weighted by molar-refractivity contribution is 0.0410. The van der Waals surface area contributed by atoms with Crippen molar-refractivity contribution in [1.82, 2.24) is 14.7 Å². The lowest BCUT2D eigenvalue weighted by Gasteiger charge is -2.37. The minimum atomic E-state index is -1.52. The molecule has 0 spiro atoms. The number of hydrogen-bond donors (Lipinski definition) is 0. The number of piperidine rings is 1. The molecule has 0 N–H and O–H groups in total. The summed E-state index contributed by atoms with van der Waals surface area (Å²) in [5.41, 5.74) is 0.481. The number of nitrogens with zero attached hydrogens (tertiary/aromatic N) is 3. The standard InChI is InChI=1S/C22H30FN3O3/c1-6-26-20(14-19(24-26)15(2)3)21(27)25-9-7-22(23,8-10-25)16-11-17(28-4)13-18(12-16)29-5/h11-15H,6-10H2,1-5H3. The average molecular weight is 403 g/mol. The highest BCUT2D eigenvalue weighted by Crippen LogP contribution is 2.40.